The number of para-hydroxylation sites is 1. The molecule has 12 nitrogen and oxygen atoms in total. The summed E-state index contributed by atoms with van der Waals surface area (Å²) in [6.45, 7) is 5.31. The molecule has 1 saturated heterocycles. The van der Waals surface area contributed by atoms with Crippen molar-refractivity contribution >= 4 is 29.8 Å². The van der Waals surface area contributed by atoms with Crippen molar-refractivity contribution < 1.29 is 57.1 Å². The Labute approximate surface area is 201 Å². The van der Waals surface area contributed by atoms with Crippen molar-refractivity contribution in [2.75, 3.05) is 6.61 Å². The number of esters is 5. The van der Waals surface area contributed by atoms with E-state index in [0.717, 1.165) is 20.8 Å². The summed E-state index contributed by atoms with van der Waals surface area (Å²) in [4.78, 5) is 58.3. The molecule has 5 unspecified atom stereocenters. The Morgan fingerprint density at radius 3 is 1.83 bits per heavy atom. The van der Waals surface area contributed by atoms with Gasteiger partial charge in [-0.25, -0.2) is 0 Å². The number of hydrogen-bond donors (Lipinski definition) is 0. The number of hydrogen-bond acceptors (Lipinski definition) is 12. The number of benzene rings is 1. The molecule has 1 aromatic rings. The van der Waals surface area contributed by atoms with E-state index < -0.39 is 60.6 Å². The normalized spacial score (nSPS) is 23.4. The number of carbonyl (C=O) groups excluding carboxylic acids is 5. The van der Waals surface area contributed by atoms with Crippen LogP contribution in [-0.2, 0) is 59.0 Å². The molecule has 0 bridgehead atoms. The predicted molar refractivity (Wildman–Crippen MR) is 114 cm³/mol. The average Bonchev–Trinajstić information content (AvgIpc) is 2.74. The van der Waals surface area contributed by atoms with Gasteiger partial charge in [0.1, 0.15) is 25.1 Å². The van der Waals surface area contributed by atoms with E-state index in [2.05, 4.69) is 0 Å². The van der Waals surface area contributed by atoms with Gasteiger partial charge in [-0.15, -0.1) is 0 Å². The summed E-state index contributed by atoms with van der Waals surface area (Å²) in [5.41, 5.74) is 0.468. The smallest absolute Gasteiger partial charge is 0.303 e. The Bertz CT molecular complexity index is 942. The highest BCUT2D eigenvalue weighted by atomic mass is 16.7. The molecule has 1 fully saturated rings. The van der Waals surface area contributed by atoms with Crippen molar-refractivity contribution in [3.8, 4) is 5.75 Å². The minimum atomic E-state index is -1.39. The fraction of sp³-hybridized carbons (Fsp3) is 0.522. The van der Waals surface area contributed by atoms with E-state index in [1.54, 1.807) is 24.3 Å². The third-order valence-corrected chi connectivity index (χ3v) is 4.59. The molecule has 0 amide bonds. The van der Waals surface area contributed by atoms with Crippen LogP contribution in [0.1, 0.15) is 40.2 Å². The third-order valence-electron chi connectivity index (χ3n) is 4.59. The maximum absolute atomic E-state index is 11.9. The Hall–Kier alpha value is -3.67. The fourth-order valence-electron chi connectivity index (χ4n) is 3.33. The van der Waals surface area contributed by atoms with E-state index in [9.17, 15) is 24.0 Å². The fourth-order valence-corrected chi connectivity index (χ4v) is 3.33. The highest BCUT2D eigenvalue weighted by Gasteiger charge is 2.53. The number of ether oxygens (including phenoxy) is 7. The van der Waals surface area contributed by atoms with Crippen LogP contribution in [0.2, 0.25) is 0 Å². The molecule has 0 spiro atoms. The van der Waals surface area contributed by atoms with E-state index in [4.69, 9.17) is 33.2 Å². The van der Waals surface area contributed by atoms with Gasteiger partial charge in [-0.05, 0) is 6.07 Å². The Balaban J connectivity index is 2.47. The topological polar surface area (TPSA) is 150 Å². The van der Waals surface area contributed by atoms with Gasteiger partial charge in [-0.3, -0.25) is 24.0 Å². The first-order valence-corrected chi connectivity index (χ1v) is 10.7. The summed E-state index contributed by atoms with van der Waals surface area (Å²) in [5.74, 6) is -3.17. The van der Waals surface area contributed by atoms with Gasteiger partial charge < -0.3 is 33.2 Å². The summed E-state index contributed by atoms with van der Waals surface area (Å²) < 4.78 is 38.0. The predicted octanol–water partition coefficient (Wildman–Crippen LogP) is 1.21. The second-order valence-electron chi connectivity index (χ2n) is 7.57. The van der Waals surface area contributed by atoms with Crippen molar-refractivity contribution in [2.24, 2.45) is 0 Å². The summed E-state index contributed by atoms with van der Waals surface area (Å²) >= 11 is 0. The molecule has 1 aliphatic rings. The Morgan fingerprint density at radius 1 is 0.714 bits per heavy atom. The van der Waals surface area contributed by atoms with Gasteiger partial charge in [-0.2, -0.15) is 0 Å². The summed E-state index contributed by atoms with van der Waals surface area (Å²) in [6, 6.07) is 6.55. The van der Waals surface area contributed by atoms with Crippen LogP contribution < -0.4 is 4.74 Å². The van der Waals surface area contributed by atoms with Gasteiger partial charge in [-0.1, -0.05) is 18.2 Å². The molecule has 0 N–H and O–H groups in total. The van der Waals surface area contributed by atoms with Gasteiger partial charge in [0.25, 0.3) is 0 Å². The van der Waals surface area contributed by atoms with Crippen molar-refractivity contribution in [3.05, 3.63) is 29.8 Å². The monoisotopic (exact) mass is 496 g/mol. The molecule has 0 aromatic heterocycles. The zero-order valence-electron chi connectivity index (χ0n) is 20.0. The Morgan fingerprint density at radius 2 is 1.26 bits per heavy atom. The van der Waals surface area contributed by atoms with Crippen molar-refractivity contribution in [2.45, 2.75) is 71.9 Å². The lowest BCUT2D eigenvalue weighted by molar-refractivity contribution is -0.288. The van der Waals surface area contributed by atoms with E-state index >= 15 is 0 Å². The molecule has 35 heavy (non-hydrogen) atoms. The zero-order valence-corrected chi connectivity index (χ0v) is 20.0. The molecule has 0 saturated carbocycles. The van der Waals surface area contributed by atoms with Crippen LogP contribution in [0.15, 0.2) is 24.3 Å². The molecule has 12 heteroatoms. The van der Waals surface area contributed by atoms with E-state index in [1.165, 1.54) is 13.8 Å². The van der Waals surface area contributed by atoms with Gasteiger partial charge in [0.15, 0.2) is 12.2 Å². The maximum atomic E-state index is 11.9. The first-order chi connectivity index (χ1) is 16.5. The van der Waals surface area contributed by atoms with E-state index in [1.807, 2.05) is 0 Å². The van der Waals surface area contributed by atoms with Gasteiger partial charge in [0.2, 0.25) is 12.4 Å². The molecule has 1 aliphatic heterocycles. The Kier molecular flexibility index (Phi) is 10.0. The van der Waals surface area contributed by atoms with E-state index in [-0.39, 0.29) is 19.0 Å². The molecule has 1 aromatic carbocycles. The van der Waals surface area contributed by atoms with Crippen LogP contribution >= 0.6 is 0 Å². The minimum Gasteiger partial charge on any atom is -0.463 e. The van der Waals surface area contributed by atoms with Gasteiger partial charge in [0, 0.05) is 40.2 Å². The molecule has 2 rings (SSSR count). The molecular weight excluding hydrogens is 468 g/mol. The van der Waals surface area contributed by atoms with Crippen LogP contribution in [0.3, 0.4) is 0 Å². The van der Waals surface area contributed by atoms with Crippen LogP contribution in [0.5, 0.6) is 5.75 Å². The molecule has 192 valence electrons. The number of rotatable bonds is 9. The zero-order chi connectivity index (χ0) is 26.1. The molecule has 0 aliphatic carbocycles. The SMILES string of the molecule is CC(=O)OCc1ccccc1OC1OC(COC(C)=O)C(OC(C)=O)C(OC(C)=O)C1OC(C)=O. The first-order valence-electron chi connectivity index (χ1n) is 10.7. The van der Waals surface area contributed by atoms with Gasteiger partial charge >= 0.3 is 29.8 Å². The standard InChI is InChI=1S/C23H28O12/c1-12(24)29-10-17-8-6-7-9-18(17)34-23-22(33-16(5)28)21(32-15(4)27)20(31-14(3)26)19(35-23)11-30-13(2)25/h6-9,19-23H,10-11H2,1-5H3. The molecule has 0 radical (unpaired) electrons. The van der Waals surface area contributed by atoms with Gasteiger partial charge in [0.05, 0.1) is 0 Å². The summed E-state index contributed by atoms with van der Waals surface area (Å²) in [5, 5.41) is 0. The van der Waals surface area contributed by atoms with Crippen molar-refractivity contribution in [1.82, 2.24) is 0 Å². The molecule has 1 heterocycles. The van der Waals surface area contributed by atoms with Crippen molar-refractivity contribution in [1.29, 1.82) is 0 Å². The van der Waals surface area contributed by atoms with Crippen LogP contribution in [0.4, 0.5) is 0 Å². The summed E-state index contributed by atoms with van der Waals surface area (Å²) in [6.07, 6.45) is -6.58. The van der Waals surface area contributed by atoms with E-state index in [0.29, 0.717) is 5.56 Å². The highest BCUT2D eigenvalue weighted by Crippen LogP contribution is 2.32. The lowest BCUT2D eigenvalue weighted by atomic mass is 9.98. The second-order valence-corrected chi connectivity index (χ2v) is 7.57. The first kappa shape index (κ1) is 27.6. The van der Waals surface area contributed by atoms with Crippen LogP contribution in [0.25, 0.3) is 0 Å². The van der Waals surface area contributed by atoms with Crippen molar-refractivity contribution in [3.63, 3.8) is 0 Å². The third kappa shape index (κ3) is 8.56. The van der Waals surface area contributed by atoms with Crippen LogP contribution in [0, 0.1) is 0 Å². The second kappa shape index (κ2) is 12.7. The maximum Gasteiger partial charge on any atom is 0.303 e. The lowest BCUT2D eigenvalue weighted by Gasteiger charge is -2.44. The quantitative estimate of drug-likeness (QED) is 0.357. The lowest BCUT2D eigenvalue weighted by Crippen LogP contribution is -2.63. The largest absolute Gasteiger partial charge is 0.463 e. The van der Waals surface area contributed by atoms with Crippen LogP contribution in [-0.4, -0.2) is 67.2 Å². The molecule has 5 atom stereocenters. The highest BCUT2D eigenvalue weighted by molar-refractivity contribution is 5.69. The minimum absolute atomic E-state index is 0.114. The number of carbonyl (C=O) groups is 5. The molecular formula is C23H28O12. The average molecular weight is 496 g/mol. The summed E-state index contributed by atoms with van der Waals surface area (Å²) in [7, 11) is 0.